The molecule has 1 aliphatic heterocycles. The Morgan fingerprint density at radius 3 is 2.91 bits per heavy atom. The Labute approximate surface area is 68.9 Å². The molecule has 1 heteroatoms. The van der Waals surface area contributed by atoms with Crippen molar-refractivity contribution in [3.05, 3.63) is 11.6 Å². The molecule has 0 spiro atoms. The fraction of sp³-hybridized carbons (Fsp3) is 0.800. The molecule has 0 aromatic rings. The summed E-state index contributed by atoms with van der Waals surface area (Å²) in [7, 11) is 0. The van der Waals surface area contributed by atoms with Gasteiger partial charge in [-0.3, -0.25) is 0 Å². The van der Waals surface area contributed by atoms with Crippen LogP contribution in [-0.2, 0) is 0 Å². The van der Waals surface area contributed by atoms with Crippen LogP contribution in [0.3, 0.4) is 0 Å². The number of hydrogen-bond donors (Lipinski definition) is 1. The number of hydrogen-bond acceptors (Lipinski definition) is 1. The zero-order chi connectivity index (χ0) is 7.68. The molecule has 1 saturated heterocycles. The van der Waals surface area contributed by atoms with Gasteiger partial charge in [-0.05, 0) is 37.6 Å². The van der Waals surface area contributed by atoms with Crippen LogP contribution in [0.25, 0.3) is 0 Å². The lowest BCUT2D eigenvalue weighted by atomic mass is 9.93. The summed E-state index contributed by atoms with van der Waals surface area (Å²) in [5, 5.41) is 3.42. The number of piperidine rings is 1. The summed E-state index contributed by atoms with van der Waals surface area (Å²) in [5.41, 5.74) is 1.71. The fourth-order valence-corrected chi connectivity index (χ4v) is 1.74. The number of nitrogens with one attached hydrogen (secondary N) is 1. The minimum atomic E-state index is 0.796. The summed E-state index contributed by atoms with van der Waals surface area (Å²) >= 11 is 0. The second-order valence-electron chi connectivity index (χ2n) is 3.93. The van der Waals surface area contributed by atoms with Crippen molar-refractivity contribution in [2.24, 2.45) is 11.8 Å². The van der Waals surface area contributed by atoms with E-state index in [-0.39, 0.29) is 0 Å². The van der Waals surface area contributed by atoms with Gasteiger partial charge in [-0.15, -0.1) is 0 Å². The van der Waals surface area contributed by atoms with E-state index in [1.807, 2.05) is 0 Å². The molecule has 2 rings (SSSR count). The van der Waals surface area contributed by atoms with Gasteiger partial charge in [0.1, 0.15) is 0 Å². The Morgan fingerprint density at radius 2 is 2.27 bits per heavy atom. The second kappa shape index (κ2) is 2.98. The highest BCUT2D eigenvalue weighted by Crippen LogP contribution is 2.33. The molecule has 1 nitrogen and oxygen atoms in total. The van der Waals surface area contributed by atoms with Crippen LogP contribution in [0.1, 0.15) is 26.2 Å². The SMILES string of the molecule is CC1CNCC/C1=C/C1CC1. The maximum atomic E-state index is 3.42. The monoisotopic (exact) mass is 151 g/mol. The number of allylic oxidation sites excluding steroid dienone is 1. The maximum Gasteiger partial charge on any atom is 0.00143 e. The highest BCUT2D eigenvalue weighted by atomic mass is 14.9. The summed E-state index contributed by atoms with van der Waals surface area (Å²) in [6.07, 6.45) is 6.72. The minimum Gasteiger partial charge on any atom is -0.316 e. The molecule has 0 amide bonds. The topological polar surface area (TPSA) is 12.0 Å². The molecule has 1 unspecified atom stereocenters. The number of rotatable bonds is 1. The molecule has 2 aliphatic rings. The van der Waals surface area contributed by atoms with Crippen LogP contribution in [0.4, 0.5) is 0 Å². The molecule has 11 heavy (non-hydrogen) atoms. The van der Waals surface area contributed by atoms with E-state index >= 15 is 0 Å². The van der Waals surface area contributed by atoms with Gasteiger partial charge < -0.3 is 5.32 Å². The fourth-order valence-electron chi connectivity index (χ4n) is 1.74. The third kappa shape index (κ3) is 1.84. The van der Waals surface area contributed by atoms with Crippen LogP contribution in [-0.4, -0.2) is 13.1 Å². The first-order chi connectivity index (χ1) is 5.36. The average molecular weight is 151 g/mol. The van der Waals surface area contributed by atoms with E-state index in [4.69, 9.17) is 0 Å². The molecule has 1 atom stereocenters. The molecule has 0 radical (unpaired) electrons. The molecule has 0 aromatic carbocycles. The maximum absolute atomic E-state index is 3.42. The van der Waals surface area contributed by atoms with Gasteiger partial charge in [0.2, 0.25) is 0 Å². The molecule has 2 fully saturated rings. The Kier molecular flexibility index (Phi) is 1.99. The molecular weight excluding hydrogens is 134 g/mol. The van der Waals surface area contributed by atoms with E-state index in [2.05, 4.69) is 18.3 Å². The first kappa shape index (κ1) is 7.35. The van der Waals surface area contributed by atoms with Crippen molar-refractivity contribution in [1.82, 2.24) is 5.32 Å². The van der Waals surface area contributed by atoms with Crippen molar-refractivity contribution < 1.29 is 0 Å². The molecule has 1 aliphatic carbocycles. The van der Waals surface area contributed by atoms with Crippen LogP contribution in [0.2, 0.25) is 0 Å². The highest BCUT2D eigenvalue weighted by Gasteiger charge is 2.21. The zero-order valence-corrected chi connectivity index (χ0v) is 7.27. The summed E-state index contributed by atoms with van der Waals surface area (Å²) in [6, 6.07) is 0. The molecular formula is C10H17N. The van der Waals surface area contributed by atoms with Crippen LogP contribution in [0, 0.1) is 11.8 Å². The molecule has 0 aromatic heterocycles. The molecule has 0 bridgehead atoms. The van der Waals surface area contributed by atoms with Gasteiger partial charge in [0, 0.05) is 6.54 Å². The van der Waals surface area contributed by atoms with Gasteiger partial charge in [0.05, 0.1) is 0 Å². The lowest BCUT2D eigenvalue weighted by Gasteiger charge is -2.22. The van der Waals surface area contributed by atoms with Gasteiger partial charge in [-0.25, -0.2) is 0 Å². The molecule has 1 heterocycles. The van der Waals surface area contributed by atoms with Crippen molar-refractivity contribution in [2.75, 3.05) is 13.1 Å². The lowest BCUT2D eigenvalue weighted by molar-refractivity contribution is 0.498. The summed E-state index contributed by atoms with van der Waals surface area (Å²) in [4.78, 5) is 0. The Balaban J connectivity index is 1.97. The Bertz CT molecular complexity index is 168. The molecule has 62 valence electrons. The van der Waals surface area contributed by atoms with Crippen LogP contribution >= 0.6 is 0 Å². The van der Waals surface area contributed by atoms with E-state index in [1.165, 1.54) is 32.4 Å². The van der Waals surface area contributed by atoms with Crippen LogP contribution in [0.15, 0.2) is 11.6 Å². The van der Waals surface area contributed by atoms with Crippen molar-refractivity contribution in [3.63, 3.8) is 0 Å². The third-order valence-corrected chi connectivity index (χ3v) is 2.75. The lowest BCUT2D eigenvalue weighted by Crippen LogP contribution is -2.30. The molecule has 1 saturated carbocycles. The quantitative estimate of drug-likeness (QED) is 0.565. The van der Waals surface area contributed by atoms with Crippen molar-refractivity contribution in [2.45, 2.75) is 26.2 Å². The summed E-state index contributed by atoms with van der Waals surface area (Å²) in [6.45, 7) is 4.72. The van der Waals surface area contributed by atoms with Gasteiger partial charge in [-0.1, -0.05) is 18.6 Å². The summed E-state index contributed by atoms with van der Waals surface area (Å²) < 4.78 is 0. The van der Waals surface area contributed by atoms with E-state index in [0.717, 1.165) is 11.8 Å². The van der Waals surface area contributed by atoms with E-state index in [9.17, 15) is 0 Å². The van der Waals surface area contributed by atoms with Crippen LogP contribution in [0.5, 0.6) is 0 Å². The highest BCUT2D eigenvalue weighted by molar-refractivity contribution is 5.13. The minimum absolute atomic E-state index is 0.796. The smallest absolute Gasteiger partial charge is 0.00143 e. The van der Waals surface area contributed by atoms with Gasteiger partial charge in [0.15, 0.2) is 0 Å². The van der Waals surface area contributed by atoms with Gasteiger partial charge in [0.25, 0.3) is 0 Å². The predicted molar refractivity (Wildman–Crippen MR) is 47.5 cm³/mol. The van der Waals surface area contributed by atoms with Crippen molar-refractivity contribution in [3.8, 4) is 0 Å². The first-order valence-electron chi connectivity index (χ1n) is 4.77. The largest absolute Gasteiger partial charge is 0.316 e. The Morgan fingerprint density at radius 1 is 1.45 bits per heavy atom. The van der Waals surface area contributed by atoms with Gasteiger partial charge >= 0.3 is 0 Å². The second-order valence-corrected chi connectivity index (χ2v) is 3.93. The summed E-state index contributed by atoms with van der Waals surface area (Å²) in [5.74, 6) is 1.76. The molecule has 1 N–H and O–H groups in total. The van der Waals surface area contributed by atoms with Gasteiger partial charge in [-0.2, -0.15) is 0 Å². The van der Waals surface area contributed by atoms with Crippen LogP contribution < -0.4 is 5.32 Å². The predicted octanol–water partition coefficient (Wildman–Crippen LogP) is 1.95. The van der Waals surface area contributed by atoms with E-state index in [1.54, 1.807) is 5.57 Å². The Hall–Kier alpha value is -0.300. The van der Waals surface area contributed by atoms with E-state index in [0.29, 0.717) is 0 Å². The van der Waals surface area contributed by atoms with Crippen molar-refractivity contribution >= 4 is 0 Å². The van der Waals surface area contributed by atoms with Crippen molar-refractivity contribution in [1.29, 1.82) is 0 Å². The normalized spacial score (nSPS) is 36.1. The standard InChI is InChI=1S/C10H17N/c1-8-7-11-5-4-10(8)6-9-2-3-9/h6,8-9,11H,2-5,7H2,1H3/b10-6-. The van der Waals surface area contributed by atoms with E-state index < -0.39 is 0 Å². The average Bonchev–Trinajstić information content (AvgIpc) is 2.78. The zero-order valence-electron chi connectivity index (χ0n) is 7.27. The first-order valence-corrected chi connectivity index (χ1v) is 4.77. The third-order valence-electron chi connectivity index (χ3n) is 2.75.